The monoisotopic (exact) mass is 446 g/mol. The average Bonchev–Trinajstić information content (AvgIpc) is 3.31. The molecule has 9 heteroatoms. The number of nitrogens with zero attached hydrogens (tertiary/aromatic N) is 2. The maximum atomic E-state index is 15.9. The fourth-order valence-corrected chi connectivity index (χ4v) is 6.16. The van der Waals surface area contributed by atoms with Gasteiger partial charge in [0.05, 0.1) is 10.9 Å². The molecule has 1 aliphatic carbocycles. The molecule has 2 aliphatic rings. The van der Waals surface area contributed by atoms with Crippen molar-refractivity contribution in [3.05, 3.63) is 56.7 Å². The number of carboxylic acid groups (broad SMARTS) is 1. The van der Waals surface area contributed by atoms with E-state index >= 15 is 8.78 Å². The van der Waals surface area contributed by atoms with Crippen LogP contribution in [0.15, 0.2) is 28.4 Å². The molecule has 1 saturated heterocycles. The molecule has 3 aromatic rings. The van der Waals surface area contributed by atoms with Gasteiger partial charge in [-0.1, -0.05) is 12.2 Å². The Kier molecular flexibility index (Phi) is 4.63. The van der Waals surface area contributed by atoms with Crippen LogP contribution in [0.25, 0.3) is 15.7 Å². The van der Waals surface area contributed by atoms with Gasteiger partial charge in [0.2, 0.25) is 5.43 Å². The number of anilines is 1. The van der Waals surface area contributed by atoms with Gasteiger partial charge in [0, 0.05) is 36.7 Å². The van der Waals surface area contributed by atoms with E-state index in [1.54, 1.807) is 17.2 Å². The normalized spacial score (nSPS) is 23.1. The molecule has 0 bridgehead atoms. The van der Waals surface area contributed by atoms with Gasteiger partial charge in [-0.3, -0.25) is 4.79 Å². The third kappa shape index (κ3) is 2.83. The summed E-state index contributed by atoms with van der Waals surface area (Å²) in [7, 11) is 0. The van der Waals surface area contributed by atoms with Crippen molar-refractivity contribution in [2.24, 2.45) is 17.8 Å². The van der Waals surface area contributed by atoms with E-state index in [0.29, 0.717) is 18.8 Å². The van der Waals surface area contributed by atoms with Gasteiger partial charge in [-0.15, -0.1) is 11.3 Å². The van der Waals surface area contributed by atoms with Crippen molar-refractivity contribution in [2.45, 2.75) is 13.3 Å². The van der Waals surface area contributed by atoms with Crippen molar-refractivity contribution in [3.63, 3.8) is 0 Å². The highest BCUT2D eigenvalue weighted by molar-refractivity contribution is 7.16. The number of carboxylic acids is 1. The zero-order valence-electron chi connectivity index (χ0n) is 16.6. The fourth-order valence-electron chi connectivity index (χ4n) is 5.14. The summed E-state index contributed by atoms with van der Waals surface area (Å²) in [6, 6.07) is 0.954. The van der Waals surface area contributed by atoms with Gasteiger partial charge in [-0.05, 0) is 31.2 Å². The number of aromatic nitrogens is 1. The predicted octanol–water partition coefficient (Wildman–Crippen LogP) is 3.42. The molecular formula is C22H20F2N2O4S. The Hall–Kier alpha value is -2.78. The third-order valence-electron chi connectivity index (χ3n) is 6.58. The molecule has 1 fully saturated rings. The first-order chi connectivity index (χ1) is 14.8. The second-order valence-electron chi connectivity index (χ2n) is 8.28. The van der Waals surface area contributed by atoms with Crippen LogP contribution >= 0.6 is 11.3 Å². The summed E-state index contributed by atoms with van der Waals surface area (Å²) in [5.74, 6) is -2.98. The predicted molar refractivity (Wildman–Crippen MR) is 114 cm³/mol. The van der Waals surface area contributed by atoms with Crippen LogP contribution in [-0.4, -0.2) is 40.3 Å². The van der Waals surface area contributed by atoms with Crippen molar-refractivity contribution >= 4 is 38.7 Å². The summed E-state index contributed by atoms with van der Waals surface area (Å²) >= 11 is 1.04. The van der Waals surface area contributed by atoms with E-state index in [0.717, 1.165) is 23.8 Å². The number of hydrogen-bond acceptors (Lipinski definition) is 5. The van der Waals surface area contributed by atoms with E-state index in [2.05, 4.69) is 0 Å². The minimum atomic E-state index is -1.43. The number of aryl methyl sites for hydroxylation is 1. The number of rotatable bonds is 3. The van der Waals surface area contributed by atoms with E-state index in [4.69, 9.17) is 0 Å². The Labute approximate surface area is 179 Å². The number of hydrogen-bond donors (Lipinski definition) is 2. The number of halogens is 2. The van der Waals surface area contributed by atoms with E-state index in [-0.39, 0.29) is 45.8 Å². The fraction of sp³-hybridized carbons (Fsp3) is 0.364. The summed E-state index contributed by atoms with van der Waals surface area (Å²) in [6.45, 7) is 2.51. The maximum Gasteiger partial charge on any atom is 0.342 e. The second-order valence-corrected chi connectivity index (χ2v) is 9.14. The molecule has 3 heterocycles. The van der Waals surface area contributed by atoms with Crippen LogP contribution in [0.5, 0.6) is 0 Å². The Morgan fingerprint density at radius 3 is 2.81 bits per heavy atom. The van der Waals surface area contributed by atoms with Crippen LogP contribution < -0.4 is 10.3 Å². The van der Waals surface area contributed by atoms with Gasteiger partial charge in [-0.25, -0.2) is 13.6 Å². The minimum Gasteiger partial charge on any atom is -0.477 e. The number of pyridine rings is 1. The van der Waals surface area contributed by atoms with E-state index in [1.165, 1.54) is 4.40 Å². The third-order valence-corrected chi connectivity index (χ3v) is 7.65. The van der Waals surface area contributed by atoms with Gasteiger partial charge in [0.1, 0.15) is 21.9 Å². The molecule has 0 amide bonds. The van der Waals surface area contributed by atoms with Gasteiger partial charge in [-0.2, -0.15) is 0 Å². The van der Waals surface area contributed by atoms with Gasteiger partial charge >= 0.3 is 5.97 Å². The smallest absolute Gasteiger partial charge is 0.342 e. The van der Waals surface area contributed by atoms with Crippen LogP contribution in [0, 0.1) is 36.3 Å². The number of benzene rings is 1. The maximum absolute atomic E-state index is 15.9. The Bertz CT molecular complexity index is 1330. The molecule has 0 saturated carbocycles. The first kappa shape index (κ1) is 20.1. The van der Waals surface area contributed by atoms with Crippen LogP contribution in [-0.2, 0) is 0 Å². The first-order valence-electron chi connectivity index (χ1n) is 10.0. The average molecular weight is 446 g/mol. The first-order valence-corrected chi connectivity index (χ1v) is 10.9. The van der Waals surface area contributed by atoms with Crippen LogP contribution in [0.2, 0.25) is 0 Å². The number of allylic oxidation sites excluding steroid dienone is 1. The lowest BCUT2D eigenvalue weighted by Gasteiger charge is -2.26. The summed E-state index contributed by atoms with van der Waals surface area (Å²) in [6.07, 6.45) is 4.75. The largest absolute Gasteiger partial charge is 0.477 e. The summed E-state index contributed by atoms with van der Waals surface area (Å²) in [5, 5.41) is 20.6. The molecule has 0 radical (unpaired) electrons. The molecule has 31 heavy (non-hydrogen) atoms. The molecule has 6 nitrogen and oxygen atoms in total. The highest BCUT2D eigenvalue weighted by Gasteiger charge is 2.40. The van der Waals surface area contributed by atoms with Crippen molar-refractivity contribution in [1.82, 2.24) is 4.40 Å². The molecule has 0 spiro atoms. The summed E-state index contributed by atoms with van der Waals surface area (Å²) < 4.78 is 32.5. The van der Waals surface area contributed by atoms with E-state index in [9.17, 15) is 19.8 Å². The molecule has 2 N–H and O–H groups in total. The highest BCUT2D eigenvalue weighted by Crippen LogP contribution is 2.41. The van der Waals surface area contributed by atoms with Gasteiger partial charge < -0.3 is 19.5 Å². The van der Waals surface area contributed by atoms with Gasteiger partial charge in [0.15, 0.2) is 5.82 Å². The Morgan fingerprint density at radius 1 is 1.32 bits per heavy atom. The second kappa shape index (κ2) is 7.13. The topological polar surface area (TPSA) is 82.2 Å². The lowest BCUT2D eigenvalue weighted by atomic mass is 9.78. The zero-order chi connectivity index (χ0) is 22.0. The zero-order valence-corrected chi connectivity index (χ0v) is 17.5. The summed E-state index contributed by atoms with van der Waals surface area (Å²) in [5.41, 5.74) is -1.13. The van der Waals surface area contributed by atoms with Gasteiger partial charge in [0.25, 0.3) is 0 Å². The quantitative estimate of drug-likeness (QED) is 0.603. The molecule has 2 aromatic heterocycles. The molecule has 1 aliphatic heterocycles. The number of fused-ring (bicyclic) bond motifs is 4. The number of aliphatic hydroxyl groups excluding tert-OH is 1. The van der Waals surface area contributed by atoms with E-state index < -0.39 is 28.6 Å². The van der Waals surface area contributed by atoms with Crippen molar-refractivity contribution < 1.29 is 23.8 Å². The van der Waals surface area contributed by atoms with Crippen LogP contribution in [0.1, 0.15) is 22.5 Å². The molecule has 5 rings (SSSR count). The Morgan fingerprint density at radius 2 is 2.10 bits per heavy atom. The molecular weight excluding hydrogens is 426 g/mol. The number of aliphatic hydroxyl groups is 1. The molecule has 3 unspecified atom stereocenters. The Balaban J connectivity index is 1.75. The number of aromatic carboxylic acids is 1. The number of carbonyl (C=O) groups is 1. The van der Waals surface area contributed by atoms with Crippen molar-refractivity contribution in [3.8, 4) is 0 Å². The van der Waals surface area contributed by atoms with Crippen molar-refractivity contribution in [2.75, 3.05) is 24.6 Å². The number of thiazole rings is 1. The minimum absolute atomic E-state index is 0.0176. The molecule has 1 aromatic carbocycles. The van der Waals surface area contributed by atoms with Crippen molar-refractivity contribution in [1.29, 1.82) is 0 Å². The lowest BCUT2D eigenvalue weighted by molar-refractivity contribution is 0.0697. The molecule has 162 valence electrons. The van der Waals surface area contributed by atoms with Crippen LogP contribution in [0.4, 0.5) is 14.5 Å². The summed E-state index contributed by atoms with van der Waals surface area (Å²) in [4.78, 5) is 26.3. The highest BCUT2D eigenvalue weighted by atomic mass is 32.1. The van der Waals surface area contributed by atoms with E-state index in [1.807, 2.05) is 12.2 Å². The van der Waals surface area contributed by atoms with Crippen LogP contribution in [0.3, 0.4) is 0 Å². The lowest BCUT2D eigenvalue weighted by Crippen LogP contribution is -2.27. The molecule has 3 atom stereocenters. The standard InChI is InChI=1S/C22H20F2N2O4S/c1-10-9-31-21-16(22(29)30)20(28)13-5-15(23)19(17(24)18(13)26(10)21)25-6-11-3-2-4-12(8-27)14(11)7-25/h2,4-5,9,11-12,14,27H,3,6-8H2,1H3,(H,29,30). The SMILES string of the molecule is Cc1csc2c(C(=O)O)c(=O)c3cc(F)c(N4CC5CC=CC(CO)C5C4)c(F)c3n12.